The fourth-order valence-electron chi connectivity index (χ4n) is 1.89. The highest BCUT2D eigenvalue weighted by atomic mass is 35.5. The molecule has 5 nitrogen and oxygen atoms in total. The van der Waals surface area contributed by atoms with Crippen molar-refractivity contribution in [2.75, 3.05) is 6.61 Å². The Bertz CT molecular complexity index is 745. The van der Waals surface area contributed by atoms with E-state index in [-0.39, 0.29) is 5.91 Å². The van der Waals surface area contributed by atoms with Gasteiger partial charge in [-0.25, -0.2) is 5.43 Å². The second kappa shape index (κ2) is 9.49. The van der Waals surface area contributed by atoms with E-state index in [0.29, 0.717) is 23.1 Å². The number of nitrogens with zero attached hydrogens (tertiary/aromatic N) is 1. The van der Waals surface area contributed by atoms with Gasteiger partial charge in [0.05, 0.1) is 6.21 Å². The van der Waals surface area contributed by atoms with Crippen molar-refractivity contribution in [1.82, 2.24) is 5.43 Å². The van der Waals surface area contributed by atoms with Gasteiger partial charge >= 0.3 is 0 Å². The first-order valence-corrected chi connectivity index (χ1v) is 8.06. The summed E-state index contributed by atoms with van der Waals surface area (Å²) in [4.78, 5) is 12.0. The molecule has 0 heterocycles. The van der Waals surface area contributed by atoms with Crippen LogP contribution in [0.15, 0.2) is 66.3 Å². The van der Waals surface area contributed by atoms with Crippen molar-refractivity contribution in [2.24, 2.45) is 5.10 Å². The van der Waals surface area contributed by atoms with Gasteiger partial charge in [0.1, 0.15) is 18.1 Å². The fourth-order valence-corrected chi connectivity index (χ4v) is 2.02. The molecule has 2 aromatic rings. The summed E-state index contributed by atoms with van der Waals surface area (Å²) < 4.78 is 11.1. The van der Waals surface area contributed by atoms with Gasteiger partial charge in [-0.15, -0.1) is 0 Å². The minimum absolute atomic E-state index is 0.365. The Balaban J connectivity index is 1.91. The highest BCUT2D eigenvalue weighted by molar-refractivity contribution is 6.30. The Morgan fingerprint density at radius 1 is 1.28 bits per heavy atom. The molecule has 0 bridgehead atoms. The number of nitrogens with one attached hydrogen (secondary N) is 1. The first-order valence-electron chi connectivity index (χ1n) is 7.68. The quantitative estimate of drug-likeness (QED) is 0.443. The first kappa shape index (κ1) is 18.5. The van der Waals surface area contributed by atoms with Gasteiger partial charge < -0.3 is 9.47 Å². The third kappa shape index (κ3) is 5.97. The third-order valence-corrected chi connectivity index (χ3v) is 3.40. The molecule has 0 unspecified atom stereocenters. The molecule has 2 rings (SSSR count). The minimum Gasteiger partial charge on any atom is -0.489 e. The zero-order chi connectivity index (χ0) is 18.1. The summed E-state index contributed by atoms with van der Waals surface area (Å²) in [5.41, 5.74) is 3.20. The Morgan fingerprint density at radius 3 is 2.72 bits per heavy atom. The monoisotopic (exact) mass is 358 g/mol. The molecule has 0 aliphatic rings. The number of carbonyl (C=O) groups excluding carboxylic acids is 1. The molecule has 25 heavy (non-hydrogen) atoms. The van der Waals surface area contributed by atoms with E-state index in [4.69, 9.17) is 21.1 Å². The smallest absolute Gasteiger partial charge is 0.280 e. The van der Waals surface area contributed by atoms with Crippen LogP contribution >= 0.6 is 11.6 Å². The number of hydrazone groups is 1. The number of hydrogen-bond donors (Lipinski definition) is 1. The predicted molar refractivity (Wildman–Crippen MR) is 99.4 cm³/mol. The van der Waals surface area contributed by atoms with Crippen LogP contribution in [-0.2, 0) is 4.79 Å². The number of para-hydroxylation sites is 1. The van der Waals surface area contributed by atoms with E-state index in [2.05, 4.69) is 17.1 Å². The van der Waals surface area contributed by atoms with E-state index >= 15 is 0 Å². The number of ether oxygens (including phenoxy) is 2. The maximum atomic E-state index is 12.0. The second-order valence-electron chi connectivity index (χ2n) is 5.09. The average Bonchev–Trinajstić information content (AvgIpc) is 2.62. The molecule has 0 aliphatic heterocycles. The number of benzene rings is 2. The number of hydrogen-bond acceptors (Lipinski definition) is 4. The summed E-state index contributed by atoms with van der Waals surface area (Å²) in [6, 6.07) is 14.2. The van der Waals surface area contributed by atoms with Gasteiger partial charge in [-0.3, -0.25) is 4.79 Å². The Labute approximate surface area is 151 Å². The van der Waals surface area contributed by atoms with E-state index in [0.717, 1.165) is 5.56 Å². The van der Waals surface area contributed by atoms with Crippen molar-refractivity contribution >= 4 is 23.7 Å². The Morgan fingerprint density at radius 2 is 2.00 bits per heavy atom. The van der Waals surface area contributed by atoms with Crippen LogP contribution in [0.25, 0.3) is 0 Å². The van der Waals surface area contributed by atoms with Crippen LogP contribution in [0.4, 0.5) is 0 Å². The van der Waals surface area contributed by atoms with E-state index in [1.54, 1.807) is 37.3 Å². The third-order valence-electron chi connectivity index (χ3n) is 3.15. The topological polar surface area (TPSA) is 59.9 Å². The van der Waals surface area contributed by atoms with Gasteiger partial charge in [0.25, 0.3) is 5.91 Å². The molecule has 1 atom stereocenters. The highest BCUT2D eigenvalue weighted by Crippen LogP contribution is 2.17. The lowest BCUT2D eigenvalue weighted by Gasteiger charge is -2.13. The zero-order valence-corrected chi connectivity index (χ0v) is 14.6. The molecule has 0 radical (unpaired) electrons. The first-order chi connectivity index (χ1) is 12.1. The summed E-state index contributed by atoms with van der Waals surface area (Å²) in [7, 11) is 0. The highest BCUT2D eigenvalue weighted by Gasteiger charge is 2.13. The van der Waals surface area contributed by atoms with Gasteiger partial charge in [0.2, 0.25) is 0 Å². The molecule has 130 valence electrons. The van der Waals surface area contributed by atoms with Crippen LogP contribution in [0, 0.1) is 0 Å². The van der Waals surface area contributed by atoms with Gasteiger partial charge in [0.15, 0.2) is 6.10 Å². The normalized spacial score (nSPS) is 11.8. The number of amides is 1. The van der Waals surface area contributed by atoms with E-state index in [9.17, 15) is 4.79 Å². The minimum atomic E-state index is -0.703. The predicted octanol–water partition coefficient (Wildman–Crippen LogP) is 3.82. The second-order valence-corrected chi connectivity index (χ2v) is 5.52. The molecule has 2 aromatic carbocycles. The van der Waals surface area contributed by atoms with Crippen molar-refractivity contribution in [3.63, 3.8) is 0 Å². The lowest BCUT2D eigenvalue weighted by atomic mass is 10.2. The standard InChI is InChI=1S/C19H19ClN2O3/c1-3-12-24-18-7-5-4-6-15(18)13-21-22-19(23)14(2)25-17-10-8-16(20)9-11-17/h3-11,13-14H,1,12H2,2H3,(H,22,23)/b21-13-/t14-/m1/s1. The molecule has 1 N–H and O–H groups in total. The molecular weight excluding hydrogens is 340 g/mol. The van der Waals surface area contributed by atoms with Crippen LogP contribution in [0.1, 0.15) is 12.5 Å². The number of carbonyl (C=O) groups is 1. The fraction of sp³-hybridized carbons (Fsp3) is 0.158. The molecule has 6 heteroatoms. The average molecular weight is 359 g/mol. The Kier molecular flexibility index (Phi) is 7.04. The van der Waals surface area contributed by atoms with Crippen LogP contribution in [0.5, 0.6) is 11.5 Å². The summed E-state index contributed by atoms with van der Waals surface area (Å²) in [5, 5.41) is 4.56. The van der Waals surface area contributed by atoms with Crippen molar-refractivity contribution in [1.29, 1.82) is 0 Å². The lowest BCUT2D eigenvalue weighted by Crippen LogP contribution is -2.33. The van der Waals surface area contributed by atoms with Gasteiger partial charge in [0, 0.05) is 10.6 Å². The van der Waals surface area contributed by atoms with Crippen molar-refractivity contribution in [2.45, 2.75) is 13.0 Å². The van der Waals surface area contributed by atoms with E-state index in [1.807, 2.05) is 24.3 Å². The molecule has 0 fully saturated rings. The zero-order valence-electron chi connectivity index (χ0n) is 13.8. The van der Waals surface area contributed by atoms with E-state index in [1.165, 1.54) is 6.21 Å². The van der Waals surface area contributed by atoms with Gasteiger partial charge in [-0.2, -0.15) is 5.10 Å². The molecule has 0 spiro atoms. The van der Waals surface area contributed by atoms with Crippen LogP contribution in [0.3, 0.4) is 0 Å². The van der Waals surface area contributed by atoms with Crippen molar-refractivity contribution in [3.05, 3.63) is 71.8 Å². The van der Waals surface area contributed by atoms with Crippen LogP contribution in [-0.4, -0.2) is 24.8 Å². The molecule has 1 amide bonds. The van der Waals surface area contributed by atoms with Gasteiger partial charge in [-0.1, -0.05) is 36.4 Å². The number of rotatable bonds is 8. The van der Waals surface area contributed by atoms with Crippen LogP contribution < -0.4 is 14.9 Å². The van der Waals surface area contributed by atoms with E-state index < -0.39 is 6.10 Å². The summed E-state index contributed by atoms with van der Waals surface area (Å²) in [6.45, 7) is 5.64. The largest absolute Gasteiger partial charge is 0.489 e. The molecular formula is C19H19ClN2O3. The summed E-state index contributed by atoms with van der Waals surface area (Å²) in [6.07, 6.45) is 2.47. The number of halogens is 1. The molecule has 0 aromatic heterocycles. The maximum Gasteiger partial charge on any atom is 0.280 e. The van der Waals surface area contributed by atoms with Crippen molar-refractivity contribution in [3.8, 4) is 11.5 Å². The Hall–Kier alpha value is -2.79. The van der Waals surface area contributed by atoms with Crippen molar-refractivity contribution < 1.29 is 14.3 Å². The molecule has 0 saturated heterocycles. The van der Waals surface area contributed by atoms with Crippen LogP contribution in [0.2, 0.25) is 5.02 Å². The van der Waals surface area contributed by atoms with Gasteiger partial charge in [-0.05, 0) is 43.3 Å². The SMILES string of the molecule is C=CCOc1ccccc1/C=N\NC(=O)[C@@H](C)Oc1ccc(Cl)cc1. The molecule has 0 aliphatic carbocycles. The molecule has 0 saturated carbocycles. The summed E-state index contributed by atoms with van der Waals surface area (Å²) in [5.74, 6) is 0.848. The maximum absolute atomic E-state index is 12.0. The lowest BCUT2D eigenvalue weighted by molar-refractivity contribution is -0.127. The summed E-state index contributed by atoms with van der Waals surface area (Å²) >= 11 is 5.81.